The fraction of sp³-hybridized carbons (Fsp3) is 0.556. The van der Waals surface area contributed by atoms with Crippen molar-refractivity contribution in [3.63, 3.8) is 0 Å². The van der Waals surface area contributed by atoms with E-state index < -0.39 is 0 Å². The van der Waals surface area contributed by atoms with Gasteiger partial charge in [-0.2, -0.15) is 0 Å². The van der Waals surface area contributed by atoms with Crippen LogP contribution >= 0.6 is 15.9 Å². The summed E-state index contributed by atoms with van der Waals surface area (Å²) in [4.78, 5) is 26.9. The maximum absolute atomic E-state index is 12.6. The molecule has 1 amide bonds. The Hall–Kier alpha value is -1.76. The van der Waals surface area contributed by atoms with E-state index in [1.165, 1.54) is 0 Å². The van der Waals surface area contributed by atoms with Gasteiger partial charge in [-0.05, 0) is 30.9 Å². The summed E-state index contributed by atoms with van der Waals surface area (Å²) >= 11 is 3.47. The summed E-state index contributed by atoms with van der Waals surface area (Å²) in [6.07, 6.45) is 2.29. The molecule has 1 aromatic heterocycles. The van der Waals surface area contributed by atoms with Gasteiger partial charge in [0.1, 0.15) is 0 Å². The van der Waals surface area contributed by atoms with Crippen molar-refractivity contribution in [3.8, 4) is 0 Å². The molecule has 1 aromatic carbocycles. The quantitative estimate of drug-likeness (QED) is 0.791. The van der Waals surface area contributed by atoms with E-state index in [9.17, 15) is 9.59 Å². The molecule has 3 rings (SSSR count). The number of alkyl halides is 1. The van der Waals surface area contributed by atoms with Crippen molar-refractivity contribution < 1.29 is 4.79 Å². The second-order valence-corrected chi connectivity index (χ2v) is 8.07. The third-order valence-corrected chi connectivity index (χ3v) is 6.40. The van der Waals surface area contributed by atoms with E-state index in [4.69, 9.17) is 0 Å². The van der Waals surface area contributed by atoms with Crippen LogP contribution < -0.4 is 15.9 Å². The molecule has 6 nitrogen and oxygen atoms in total. The molecule has 0 bridgehead atoms. The zero-order valence-corrected chi connectivity index (χ0v) is 16.8. The Morgan fingerprint density at radius 2 is 1.68 bits per heavy atom. The Morgan fingerprint density at radius 1 is 1.12 bits per heavy atom. The van der Waals surface area contributed by atoms with Gasteiger partial charge in [-0.25, -0.2) is 4.79 Å². The zero-order valence-electron chi connectivity index (χ0n) is 15.2. The summed E-state index contributed by atoms with van der Waals surface area (Å²) in [5.74, 6) is 0.135. The molecule has 1 saturated heterocycles. The van der Waals surface area contributed by atoms with Gasteiger partial charge in [0.15, 0.2) is 0 Å². The average molecular weight is 409 g/mol. The molecule has 25 heavy (non-hydrogen) atoms. The highest BCUT2D eigenvalue weighted by molar-refractivity contribution is 9.10. The Kier molecular flexibility index (Phi) is 4.95. The number of carbonyl (C=O) groups excluding carboxylic acids is 1. The number of imidazole rings is 1. The lowest BCUT2D eigenvalue weighted by Gasteiger charge is -2.23. The standard InChI is InChI=1S/C18H25BrN4O2/c1-11(2)16(19)17(24)20-12-9-14-15(22(4)18(25)21(14)3)10-13(12)23-7-5-6-8-23/h9-11,16H,5-8H2,1-4H3,(H,20,24)/t16-/m0/s1. The van der Waals surface area contributed by atoms with E-state index >= 15 is 0 Å². The SMILES string of the molecule is CC(C)[C@H](Br)C(=O)Nc1cc2c(cc1N1CCCC1)n(C)c(=O)n2C. The van der Waals surface area contributed by atoms with Crippen LogP contribution in [0.3, 0.4) is 0 Å². The van der Waals surface area contributed by atoms with Crippen LogP contribution in [0.25, 0.3) is 11.0 Å². The number of aromatic nitrogens is 2. The largest absolute Gasteiger partial charge is 0.370 e. The minimum atomic E-state index is -0.255. The maximum atomic E-state index is 12.6. The van der Waals surface area contributed by atoms with Crippen LogP contribution in [0.5, 0.6) is 0 Å². The molecule has 136 valence electrons. The first-order valence-corrected chi connectivity index (χ1v) is 9.62. The normalized spacial score (nSPS) is 16.0. The zero-order chi connectivity index (χ0) is 18.3. The summed E-state index contributed by atoms with van der Waals surface area (Å²) in [5, 5.41) is 3.06. The summed E-state index contributed by atoms with van der Waals surface area (Å²) in [7, 11) is 3.54. The highest BCUT2D eigenvalue weighted by Crippen LogP contribution is 2.33. The molecule has 0 spiro atoms. The molecule has 0 unspecified atom stereocenters. The molecule has 1 aliphatic rings. The van der Waals surface area contributed by atoms with E-state index in [1.54, 1.807) is 23.2 Å². The van der Waals surface area contributed by atoms with Crippen molar-refractivity contribution in [1.29, 1.82) is 0 Å². The lowest BCUT2D eigenvalue weighted by Crippen LogP contribution is -2.28. The minimum Gasteiger partial charge on any atom is -0.370 e. The number of halogens is 1. The summed E-state index contributed by atoms with van der Waals surface area (Å²) in [6.45, 7) is 5.95. The van der Waals surface area contributed by atoms with E-state index in [0.29, 0.717) is 0 Å². The summed E-state index contributed by atoms with van der Waals surface area (Å²) < 4.78 is 3.27. The number of anilines is 2. The van der Waals surface area contributed by atoms with E-state index in [2.05, 4.69) is 26.1 Å². The number of nitrogens with one attached hydrogen (secondary N) is 1. The molecule has 0 saturated carbocycles. The minimum absolute atomic E-state index is 0.0595. The second kappa shape index (κ2) is 6.86. The van der Waals surface area contributed by atoms with Gasteiger partial charge in [0.05, 0.1) is 27.2 Å². The molecule has 1 fully saturated rings. The van der Waals surface area contributed by atoms with Crippen LogP contribution in [0.15, 0.2) is 16.9 Å². The number of amides is 1. The van der Waals surface area contributed by atoms with E-state index in [1.807, 2.05) is 26.0 Å². The molecule has 0 radical (unpaired) electrons. The smallest absolute Gasteiger partial charge is 0.328 e. The summed E-state index contributed by atoms with van der Waals surface area (Å²) in [5.41, 5.74) is 3.40. The monoisotopic (exact) mass is 408 g/mol. The fourth-order valence-corrected chi connectivity index (χ4v) is 3.47. The number of aryl methyl sites for hydroxylation is 2. The number of benzene rings is 1. The van der Waals surface area contributed by atoms with Crippen LogP contribution in [0.4, 0.5) is 11.4 Å². The molecule has 2 heterocycles. The highest BCUT2D eigenvalue weighted by Gasteiger charge is 2.23. The van der Waals surface area contributed by atoms with Gasteiger partial charge in [-0.3, -0.25) is 13.9 Å². The molecule has 7 heteroatoms. The molecular weight excluding hydrogens is 384 g/mol. The lowest BCUT2D eigenvalue weighted by atomic mass is 10.1. The highest BCUT2D eigenvalue weighted by atomic mass is 79.9. The number of hydrogen-bond acceptors (Lipinski definition) is 3. The van der Waals surface area contributed by atoms with Gasteiger partial charge in [-0.15, -0.1) is 0 Å². The predicted molar refractivity (Wildman–Crippen MR) is 106 cm³/mol. The van der Waals surface area contributed by atoms with Gasteiger partial charge in [0, 0.05) is 27.2 Å². The van der Waals surface area contributed by atoms with E-state index in [-0.39, 0.29) is 22.3 Å². The topological polar surface area (TPSA) is 59.3 Å². The number of nitrogens with zero attached hydrogens (tertiary/aromatic N) is 3. The Labute approximate surface area is 155 Å². The fourth-order valence-electron chi connectivity index (χ4n) is 3.36. The van der Waals surface area contributed by atoms with Gasteiger partial charge in [0.25, 0.3) is 0 Å². The Morgan fingerprint density at radius 3 is 2.24 bits per heavy atom. The van der Waals surface area contributed by atoms with E-state index in [0.717, 1.165) is 48.3 Å². The first-order chi connectivity index (χ1) is 11.8. The molecule has 1 N–H and O–H groups in total. The second-order valence-electron chi connectivity index (χ2n) is 7.09. The Bertz CT molecular complexity index is 862. The van der Waals surface area contributed by atoms with Crippen LogP contribution in [0.2, 0.25) is 0 Å². The maximum Gasteiger partial charge on any atom is 0.328 e. The lowest BCUT2D eigenvalue weighted by molar-refractivity contribution is -0.116. The summed E-state index contributed by atoms with van der Waals surface area (Å²) in [6, 6.07) is 3.94. The predicted octanol–water partition coefficient (Wildman–Crippen LogP) is 2.84. The first-order valence-electron chi connectivity index (χ1n) is 8.70. The van der Waals surface area contributed by atoms with Crippen molar-refractivity contribution >= 4 is 44.2 Å². The third kappa shape index (κ3) is 3.21. The van der Waals surface area contributed by atoms with Gasteiger partial charge < -0.3 is 10.2 Å². The molecular formula is C18H25BrN4O2. The van der Waals surface area contributed by atoms with Crippen molar-refractivity contribution in [1.82, 2.24) is 9.13 Å². The van der Waals surface area contributed by atoms with Crippen molar-refractivity contribution in [3.05, 3.63) is 22.6 Å². The Balaban J connectivity index is 2.10. The number of fused-ring (bicyclic) bond motifs is 1. The van der Waals surface area contributed by atoms with Crippen LogP contribution in [-0.2, 0) is 18.9 Å². The van der Waals surface area contributed by atoms with Crippen LogP contribution in [-0.4, -0.2) is 33.0 Å². The van der Waals surface area contributed by atoms with Gasteiger partial charge >= 0.3 is 5.69 Å². The third-order valence-electron chi connectivity index (χ3n) is 4.93. The number of hydrogen-bond donors (Lipinski definition) is 1. The first kappa shape index (κ1) is 18.0. The molecule has 1 aliphatic heterocycles. The average Bonchev–Trinajstić information content (AvgIpc) is 3.18. The molecule has 1 atom stereocenters. The van der Waals surface area contributed by atoms with Crippen molar-refractivity contribution in [2.45, 2.75) is 31.5 Å². The van der Waals surface area contributed by atoms with Crippen LogP contribution in [0.1, 0.15) is 26.7 Å². The van der Waals surface area contributed by atoms with Gasteiger partial charge in [0.2, 0.25) is 5.91 Å². The number of carbonyl (C=O) groups is 1. The van der Waals surface area contributed by atoms with Gasteiger partial charge in [-0.1, -0.05) is 29.8 Å². The number of rotatable bonds is 4. The van der Waals surface area contributed by atoms with Crippen molar-refractivity contribution in [2.24, 2.45) is 20.0 Å². The van der Waals surface area contributed by atoms with Crippen molar-refractivity contribution in [2.75, 3.05) is 23.3 Å². The molecule has 2 aromatic rings. The molecule has 0 aliphatic carbocycles. The van der Waals surface area contributed by atoms with Crippen LogP contribution in [0, 0.1) is 5.92 Å².